The molecule has 1 heterocycles. The van der Waals surface area contributed by atoms with Crippen LogP contribution in [0.25, 0.3) is 0 Å². The van der Waals surface area contributed by atoms with Crippen molar-refractivity contribution in [3.05, 3.63) is 42.5 Å². The fraction of sp³-hybridized carbons (Fsp3) is 0.458. The third-order valence-electron chi connectivity index (χ3n) is 5.83. The van der Waals surface area contributed by atoms with Crippen LogP contribution in [0.1, 0.15) is 33.1 Å². The first-order valence-corrected chi connectivity index (χ1v) is 13.8. The van der Waals surface area contributed by atoms with Crippen LogP contribution in [0.5, 0.6) is 5.75 Å². The molecule has 0 aliphatic carbocycles. The Bertz CT molecular complexity index is 1090. The Morgan fingerprint density at radius 3 is 2.58 bits per heavy atom. The Labute approximate surface area is 199 Å². The molecular weight excluding hydrogens is 462 g/mol. The highest BCUT2D eigenvalue weighted by Gasteiger charge is 2.40. The lowest BCUT2D eigenvalue weighted by Crippen LogP contribution is -2.35. The standard InChI is InChI=1S/C24H31NO6S2/c1-4-5-11-24(2)15-25(17-9-7-6-8-10-17)18-12-21(32-3)20(31-14-19(26)23(27)28)13-22(18)33(29,30)16-24/h6-10,12-13,19,26H,4-5,11,14-16H2,1-3H3,(H,27,28)/t19?,24-/m0/s1. The fourth-order valence-electron chi connectivity index (χ4n) is 4.15. The molecule has 0 radical (unpaired) electrons. The molecule has 7 nitrogen and oxygen atoms in total. The monoisotopic (exact) mass is 493 g/mol. The van der Waals surface area contributed by atoms with Crippen molar-refractivity contribution in [2.24, 2.45) is 5.41 Å². The van der Waals surface area contributed by atoms with E-state index in [1.165, 1.54) is 17.8 Å². The van der Waals surface area contributed by atoms with Gasteiger partial charge in [-0.15, -0.1) is 11.8 Å². The molecule has 33 heavy (non-hydrogen) atoms. The number of carbonyl (C=O) groups is 1. The van der Waals surface area contributed by atoms with Crippen LogP contribution < -0.4 is 9.64 Å². The number of ether oxygens (including phenoxy) is 1. The van der Waals surface area contributed by atoms with Crippen molar-refractivity contribution >= 4 is 38.9 Å². The van der Waals surface area contributed by atoms with Crippen LogP contribution in [-0.4, -0.2) is 55.9 Å². The molecule has 1 unspecified atom stereocenters. The highest BCUT2D eigenvalue weighted by Crippen LogP contribution is 2.46. The number of hydrogen-bond acceptors (Lipinski definition) is 7. The number of aliphatic hydroxyl groups is 1. The third-order valence-corrected chi connectivity index (χ3v) is 8.67. The predicted molar refractivity (Wildman–Crippen MR) is 130 cm³/mol. The summed E-state index contributed by atoms with van der Waals surface area (Å²) in [5, 5.41) is 18.6. The number of aliphatic hydroxyl groups excluding tert-OH is 1. The van der Waals surface area contributed by atoms with Crippen LogP contribution in [0.2, 0.25) is 0 Å². The predicted octanol–water partition coefficient (Wildman–Crippen LogP) is 4.35. The molecule has 1 aliphatic heterocycles. The molecule has 0 spiro atoms. The Balaban J connectivity index is 2.16. The van der Waals surface area contributed by atoms with Gasteiger partial charge in [0.05, 0.1) is 21.2 Å². The van der Waals surface area contributed by atoms with Gasteiger partial charge in [0.1, 0.15) is 12.4 Å². The zero-order valence-electron chi connectivity index (χ0n) is 19.2. The number of carboxylic acid groups (broad SMARTS) is 1. The number of benzene rings is 2. The zero-order chi connectivity index (χ0) is 24.2. The number of nitrogens with zero attached hydrogens (tertiary/aromatic N) is 1. The number of sulfone groups is 1. The molecule has 9 heteroatoms. The number of rotatable bonds is 9. The van der Waals surface area contributed by atoms with E-state index in [-0.39, 0.29) is 16.4 Å². The zero-order valence-corrected chi connectivity index (χ0v) is 20.8. The minimum atomic E-state index is -3.67. The SMILES string of the molecule is CCCC[C@@]1(C)CN(c2ccccc2)c2cc(SC)c(OCC(O)C(=O)O)cc2S(=O)(=O)C1. The molecule has 0 aromatic heterocycles. The molecule has 180 valence electrons. The van der Waals surface area contributed by atoms with Crippen molar-refractivity contribution in [2.45, 2.75) is 49.0 Å². The summed E-state index contributed by atoms with van der Waals surface area (Å²) in [5.74, 6) is -1.15. The van der Waals surface area contributed by atoms with Gasteiger partial charge >= 0.3 is 5.97 Å². The summed E-state index contributed by atoms with van der Waals surface area (Å²) >= 11 is 1.37. The Morgan fingerprint density at radius 2 is 1.97 bits per heavy atom. The Kier molecular flexibility index (Phi) is 7.97. The first-order valence-electron chi connectivity index (χ1n) is 10.9. The van der Waals surface area contributed by atoms with Crippen molar-refractivity contribution in [2.75, 3.05) is 30.1 Å². The number of unbranched alkanes of at least 4 members (excludes halogenated alkanes) is 1. The lowest BCUT2D eigenvalue weighted by Gasteiger charge is -2.34. The number of aliphatic carboxylic acids is 1. The van der Waals surface area contributed by atoms with E-state index in [1.807, 2.05) is 43.5 Å². The largest absolute Gasteiger partial charge is 0.489 e. The lowest BCUT2D eigenvalue weighted by atomic mass is 9.86. The van der Waals surface area contributed by atoms with Crippen LogP contribution in [0.15, 0.2) is 52.3 Å². The molecule has 2 aromatic rings. The smallest absolute Gasteiger partial charge is 0.336 e. The molecule has 0 saturated heterocycles. The second-order valence-corrected chi connectivity index (χ2v) is 11.5. The maximum absolute atomic E-state index is 13.6. The Morgan fingerprint density at radius 1 is 1.27 bits per heavy atom. The molecular formula is C24H31NO6S2. The molecule has 3 rings (SSSR count). The highest BCUT2D eigenvalue weighted by molar-refractivity contribution is 7.98. The van der Waals surface area contributed by atoms with E-state index < -0.39 is 33.9 Å². The molecule has 2 N–H and O–H groups in total. The molecule has 0 saturated carbocycles. The summed E-state index contributed by atoms with van der Waals surface area (Å²) in [6, 6.07) is 13.0. The summed E-state index contributed by atoms with van der Waals surface area (Å²) < 4.78 is 32.8. The van der Waals surface area contributed by atoms with Gasteiger partial charge in [-0.05, 0) is 36.3 Å². The molecule has 0 amide bonds. The molecule has 1 aliphatic rings. The second-order valence-electron chi connectivity index (χ2n) is 8.73. The van der Waals surface area contributed by atoms with E-state index >= 15 is 0 Å². The van der Waals surface area contributed by atoms with Crippen molar-refractivity contribution in [3.63, 3.8) is 0 Å². The summed E-state index contributed by atoms with van der Waals surface area (Å²) in [4.78, 5) is 13.9. The number of fused-ring (bicyclic) bond motifs is 1. The molecule has 2 aromatic carbocycles. The normalized spacial score (nSPS) is 20.5. The van der Waals surface area contributed by atoms with Crippen molar-refractivity contribution in [1.82, 2.24) is 0 Å². The van der Waals surface area contributed by atoms with Gasteiger partial charge in [0, 0.05) is 18.3 Å². The van der Waals surface area contributed by atoms with Crippen molar-refractivity contribution < 1.29 is 28.2 Å². The van der Waals surface area contributed by atoms with E-state index in [9.17, 15) is 18.3 Å². The number of anilines is 2. The van der Waals surface area contributed by atoms with E-state index in [4.69, 9.17) is 9.84 Å². The fourth-order valence-corrected chi connectivity index (χ4v) is 6.78. The summed E-state index contributed by atoms with van der Waals surface area (Å²) in [6.45, 7) is 4.20. The second kappa shape index (κ2) is 10.4. The summed E-state index contributed by atoms with van der Waals surface area (Å²) in [7, 11) is -3.67. The molecule has 0 fully saturated rings. The highest BCUT2D eigenvalue weighted by atomic mass is 32.2. The molecule has 0 bridgehead atoms. The van der Waals surface area contributed by atoms with Gasteiger partial charge in [-0.1, -0.05) is 44.9 Å². The Hall–Kier alpha value is -2.23. The first-order chi connectivity index (χ1) is 15.6. The van der Waals surface area contributed by atoms with Crippen LogP contribution in [0.3, 0.4) is 0 Å². The van der Waals surface area contributed by atoms with Gasteiger partial charge in [-0.3, -0.25) is 0 Å². The van der Waals surface area contributed by atoms with Gasteiger partial charge in [-0.2, -0.15) is 0 Å². The van der Waals surface area contributed by atoms with Gasteiger partial charge in [-0.25, -0.2) is 13.2 Å². The average molecular weight is 494 g/mol. The molecule has 2 atom stereocenters. The van der Waals surface area contributed by atoms with E-state index in [0.717, 1.165) is 24.9 Å². The number of carboxylic acids is 1. The van der Waals surface area contributed by atoms with Crippen LogP contribution in [-0.2, 0) is 14.6 Å². The third kappa shape index (κ3) is 5.83. The van der Waals surface area contributed by atoms with Crippen LogP contribution >= 0.6 is 11.8 Å². The van der Waals surface area contributed by atoms with Crippen LogP contribution in [0, 0.1) is 5.41 Å². The van der Waals surface area contributed by atoms with Gasteiger partial charge < -0.3 is 19.8 Å². The van der Waals surface area contributed by atoms with Crippen molar-refractivity contribution in [3.8, 4) is 5.75 Å². The quantitative estimate of drug-likeness (QED) is 0.497. The number of thioether (sulfide) groups is 1. The number of para-hydroxylation sites is 1. The lowest BCUT2D eigenvalue weighted by molar-refractivity contribution is -0.148. The first kappa shape index (κ1) is 25.4. The van der Waals surface area contributed by atoms with Gasteiger partial charge in [0.25, 0.3) is 0 Å². The maximum atomic E-state index is 13.6. The van der Waals surface area contributed by atoms with E-state index in [0.29, 0.717) is 17.1 Å². The van der Waals surface area contributed by atoms with E-state index in [2.05, 4.69) is 11.8 Å². The van der Waals surface area contributed by atoms with Gasteiger partial charge in [0.2, 0.25) is 0 Å². The van der Waals surface area contributed by atoms with E-state index in [1.54, 1.807) is 6.07 Å². The topological polar surface area (TPSA) is 104 Å². The maximum Gasteiger partial charge on any atom is 0.336 e. The van der Waals surface area contributed by atoms with Crippen molar-refractivity contribution in [1.29, 1.82) is 0 Å². The van der Waals surface area contributed by atoms with Crippen LogP contribution in [0.4, 0.5) is 11.4 Å². The summed E-state index contributed by atoms with van der Waals surface area (Å²) in [6.07, 6.45) is 2.83. The average Bonchev–Trinajstić information content (AvgIpc) is 2.87. The van der Waals surface area contributed by atoms with Gasteiger partial charge in [0.15, 0.2) is 15.9 Å². The minimum Gasteiger partial charge on any atom is -0.489 e. The number of hydrogen-bond donors (Lipinski definition) is 2. The summed E-state index contributed by atoms with van der Waals surface area (Å²) in [5.41, 5.74) is 1.03. The minimum absolute atomic E-state index is 0.00609.